The van der Waals surface area contributed by atoms with E-state index in [1.54, 1.807) is 31.4 Å². The Morgan fingerprint density at radius 2 is 1.47 bits per heavy atom. The zero-order chi connectivity index (χ0) is 24.9. The van der Waals surface area contributed by atoms with Crippen molar-refractivity contribution in [3.63, 3.8) is 0 Å². The second kappa shape index (κ2) is 13.6. The highest BCUT2D eigenvalue weighted by Crippen LogP contribution is 2.29. The van der Waals surface area contributed by atoms with E-state index >= 15 is 0 Å². The molecular weight excluding hydrogens is 446 g/mol. The largest absolute Gasteiger partial charge is 0.508 e. The lowest BCUT2D eigenvalue weighted by Crippen LogP contribution is -2.45. The summed E-state index contributed by atoms with van der Waals surface area (Å²) < 4.78 is 29.9. The smallest absolute Gasteiger partial charge is 0.497 e. The SMILES string of the molecule is COC(=O)OC[C@H](OC(=O)OC)[C@@H](c1ccccc1)N(CCc1ccc(OC)cc1)C(=O)OC. The lowest BCUT2D eigenvalue weighted by Gasteiger charge is -2.35. The first-order chi connectivity index (χ1) is 16.4. The van der Waals surface area contributed by atoms with E-state index in [1.165, 1.54) is 12.0 Å². The summed E-state index contributed by atoms with van der Waals surface area (Å²) in [5, 5.41) is 0. The molecule has 0 unspecified atom stereocenters. The first kappa shape index (κ1) is 26.3. The Labute approximate surface area is 198 Å². The molecule has 2 rings (SSSR count). The normalized spacial score (nSPS) is 12.0. The van der Waals surface area contributed by atoms with Crippen molar-refractivity contribution in [3.8, 4) is 5.75 Å². The third kappa shape index (κ3) is 7.58. The van der Waals surface area contributed by atoms with Gasteiger partial charge in [0.1, 0.15) is 18.4 Å². The second-order valence-corrected chi connectivity index (χ2v) is 6.99. The molecule has 34 heavy (non-hydrogen) atoms. The summed E-state index contributed by atoms with van der Waals surface area (Å²) in [5.41, 5.74) is 1.57. The van der Waals surface area contributed by atoms with Crippen LogP contribution >= 0.6 is 0 Å². The van der Waals surface area contributed by atoms with Gasteiger partial charge in [-0.05, 0) is 29.7 Å². The molecular formula is C24H29NO9. The predicted molar refractivity (Wildman–Crippen MR) is 121 cm³/mol. The van der Waals surface area contributed by atoms with Crippen molar-refractivity contribution in [2.24, 2.45) is 0 Å². The number of rotatable bonds is 10. The molecule has 0 saturated carbocycles. The summed E-state index contributed by atoms with van der Waals surface area (Å²) in [7, 11) is 5.14. The summed E-state index contributed by atoms with van der Waals surface area (Å²) in [6.45, 7) is -0.185. The number of carbonyl (C=O) groups excluding carboxylic acids is 3. The van der Waals surface area contributed by atoms with Gasteiger partial charge in [-0.15, -0.1) is 0 Å². The maximum absolute atomic E-state index is 12.9. The summed E-state index contributed by atoms with van der Waals surface area (Å²) in [6, 6.07) is 15.4. The lowest BCUT2D eigenvalue weighted by molar-refractivity contribution is -0.0412. The quantitative estimate of drug-likeness (QED) is 0.372. The molecule has 2 aromatic rings. The van der Waals surface area contributed by atoms with Gasteiger partial charge in [0.2, 0.25) is 0 Å². The molecule has 0 N–H and O–H groups in total. The van der Waals surface area contributed by atoms with Crippen LogP contribution in [0.4, 0.5) is 14.4 Å². The zero-order valence-electron chi connectivity index (χ0n) is 19.6. The van der Waals surface area contributed by atoms with E-state index in [2.05, 4.69) is 9.47 Å². The molecule has 2 aromatic carbocycles. The molecule has 0 spiro atoms. The van der Waals surface area contributed by atoms with Gasteiger partial charge >= 0.3 is 18.4 Å². The lowest BCUT2D eigenvalue weighted by atomic mass is 9.99. The molecule has 10 heteroatoms. The van der Waals surface area contributed by atoms with Crippen LogP contribution in [0.3, 0.4) is 0 Å². The van der Waals surface area contributed by atoms with Crippen molar-refractivity contribution < 1.29 is 42.8 Å². The summed E-state index contributed by atoms with van der Waals surface area (Å²) in [4.78, 5) is 37.9. The van der Waals surface area contributed by atoms with Gasteiger partial charge in [-0.1, -0.05) is 42.5 Å². The summed E-state index contributed by atoms with van der Waals surface area (Å²) in [5.74, 6) is 0.710. The van der Waals surface area contributed by atoms with Crippen LogP contribution < -0.4 is 4.74 Å². The number of hydrogen-bond acceptors (Lipinski definition) is 9. The van der Waals surface area contributed by atoms with Crippen LogP contribution in [0.5, 0.6) is 5.75 Å². The molecule has 2 atom stereocenters. The highest BCUT2D eigenvalue weighted by molar-refractivity contribution is 5.68. The van der Waals surface area contributed by atoms with E-state index in [9.17, 15) is 14.4 Å². The monoisotopic (exact) mass is 475 g/mol. The average Bonchev–Trinajstić information content (AvgIpc) is 2.89. The van der Waals surface area contributed by atoms with E-state index in [1.807, 2.05) is 30.3 Å². The zero-order valence-corrected chi connectivity index (χ0v) is 19.6. The van der Waals surface area contributed by atoms with Gasteiger partial charge < -0.3 is 28.4 Å². The molecule has 0 aromatic heterocycles. The Morgan fingerprint density at radius 1 is 0.824 bits per heavy atom. The average molecular weight is 475 g/mol. The second-order valence-electron chi connectivity index (χ2n) is 6.99. The fraction of sp³-hybridized carbons (Fsp3) is 0.375. The molecule has 0 aliphatic carbocycles. The molecule has 0 aliphatic rings. The molecule has 184 valence electrons. The molecule has 10 nitrogen and oxygen atoms in total. The number of hydrogen-bond donors (Lipinski definition) is 0. The number of nitrogens with zero attached hydrogens (tertiary/aromatic N) is 1. The van der Waals surface area contributed by atoms with Crippen molar-refractivity contribution in [1.29, 1.82) is 0 Å². The van der Waals surface area contributed by atoms with Gasteiger partial charge in [0.25, 0.3) is 0 Å². The number of amides is 1. The molecule has 0 fully saturated rings. The third-order valence-corrected chi connectivity index (χ3v) is 4.98. The Hall–Kier alpha value is -3.95. The van der Waals surface area contributed by atoms with Gasteiger partial charge in [0, 0.05) is 6.54 Å². The Morgan fingerprint density at radius 3 is 2.03 bits per heavy atom. The number of methoxy groups -OCH3 is 4. The van der Waals surface area contributed by atoms with Gasteiger partial charge in [-0.25, -0.2) is 14.4 Å². The molecule has 0 saturated heterocycles. The minimum absolute atomic E-state index is 0.206. The van der Waals surface area contributed by atoms with Crippen LogP contribution in [-0.2, 0) is 30.1 Å². The number of benzene rings is 2. The maximum Gasteiger partial charge on any atom is 0.508 e. The first-order valence-electron chi connectivity index (χ1n) is 10.4. The van der Waals surface area contributed by atoms with Crippen LogP contribution in [0.15, 0.2) is 54.6 Å². The summed E-state index contributed by atoms with van der Waals surface area (Å²) >= 11 is 0. The van der Waals surface area contributed by atoms with Crippen LogP contribution in [0.25, 0.3) is 0 Å². The molecule has 0 radical (unpaired) electrons. The fourth-order valence-corrected chi connectivity index (χ4v) is 3.32. The molecule has 0 bridgehead atoms. The van der Waals surface area contributed by atoms with Crippen molar-refractivity contribution >= 4 is 18.4 Å². The highest BCUT2D eigenvalue weighted by Gasteiger charge is 2.37. The van der Waals surface area contributed by atoms with Crippen molar-refractivity contribution in [2.45, 2.75) is 18.6 Å². The summed E-state index contributed by atoms with van der Waals surface area (Å²) in [6.07, 6.45) is -3.28. The van der Waals surface area contributed by atoms with Crippen molar-refractivity contribution in [1.82, 2.24) is 4.90 Å². The minimum Gasteiger partial charge on any atom is -0.497 e. The van der Waals surface area contributed by atoms with Gasteiger partial charge in [0.05, 0.1) is 28.4 Å². The topological polar surface area (TPSA) is 110 Å². The molecule has 0 aliphatic heterocycles. The van der Waals surface area contributed by atoms with Gasteiger partial charge in [0.15, 0.2) is 6.10 Å². The van der Waals surface area contributed by atoms with Crippen molar-refractivity contribution in [3.05, 3.63) is 65.7 Å². The van der Waals surface area contributed by atoms with E-state index in [-0.39, 0.29) is 6.54 Å². The van der Waals surface area contributed by atoms with E-state index in [0.29, 0.717) is 17.7 Å². The molecule has 0 heterocycles. The van der Waals surface area contributed by atoms with Gasteiger partial charge in [-0.2, -0.15) is 0 Å². The van der Waals surface area contributed by atoms with Crippen molar-refractivity contribution in [2.75, 3.05) is 41.6 Å². The van der Waals surface area contributed by atoms with E-state index < -0.39 is 37.2 Å². The fourth-order valence-electron chi connectivity index (χ4n) is 3.32. The maximum atomic E-state index is 12.9. The van der Waals surface area contributed by atoms with Crippen LogP contribution in [0.2, 0.25) is 0 Å². The van der Waals surface area contributed by atoms with Crippen LogP contribution in [0.1, 0.15) is 17.2 Å². The van der Waals surface area contributed by atoms with E-state index in [0.717, 1.165) is 19.8 Å². The number of ether oxygens (including phenoxy) is 6. The Balaban J connectivity index is 2.41. The highest BCUT2D eigenvalue weighted by atomic mass is 16.7. The first-order valence-corrected chi connectivity index (χ1v) is 10.4. The molecule has 1 amide bonds. The third-order valence-electron chi connectivity index (χ3n) is 4.98. The van der Waals surface area contributed by atoms with Crippen LogP contribution in [-0.4, -0.2) is 71.0 Å². The Bertz CT molecular complexity index is 918. The predicted octanol–water partition coefficient (Wildman–Crippen LogP) is 3.98. The number of carbonyl (C=O) groups is 3. The Kier molecular flexibility index (Phi) is 10.5. The standard InChI is InChI=1S/C24H29NO9/c1-29-19-12-10-17(11-13-19)14-15-25(22(26)30-2)21(18-8-6-5-7-9-18)20(34-24(28)32-4)16-33-23(27)31-3/h5-13,20-21H,14-16H2,1-4H3/t20-,21+/m0/s1. The minimum atomic E-state index is -1.12. The van der Waals surface area contributed by atoms with E-state index in [4.69, 9.17) is 18.9 Å². The van der Waals surface area contributed by atoms with Crippen LogP contribution in [0, 0.1) is 0 Å². The van der Waals surface area contributed by atoms with Gasteiger partial charge in [-0.3, -0.25) is 4.90 Å².